The zero-order chi connectivity index (χ0) is 16.3. The Morgan fingerprint density at radius 2 is 1.30 bits per heavy atom. The monoisotopic (exact) mass is 315 g/mol. The molecule has 0 aliphatic rings. The third kappa shape index (κ3) is 3.88. The molecule has 3 aromatic rings. The van der Waals surface area contributed by atoms with E-state index in [4.69, 9.17) is 0 Å². The molecule has 5 heteroatoms. The molecule has 0 bridgehead atoms. The molecule has 2 aromatic carbocycles. The first-order valence-electron chi connectivity index (χ1n) is 6.90. The van der Waals surface area contributed by atoms with Gasteiger partial charge in [0.05, 0.1) is 11.4 Å². The Labute approximate surface area is 131 Å². The van der Waals surface area contributed by atoms with Crippen molar-refractivity contribution < 1.29 is 17.9 Å². The quantitative estimate of drug-likeness (QED) is 0.653. The highest BCUT2D eigenvalue weighted by molar-refractivity contribution is 5.66. The maximum Gasteiger partial charge on any atom is 0.573 e. The average Bonchev–Trinajstić information content (AvgIpc) is 2.54. The van der Waals surface area contributed by atoms with Crippen LogP contribution >= 0.6 is 0 Å². The number of ether oxygens (including phenoxy) is 1. The summed E-state index contributed by atoms with van der Waals surface area (Å²) in [6.45, 7) is 0. The van der Waals surface area contributed by atoms with E-state index < -0.39 is 6.36 Å². The van der Waals surface area contributed by atoms with E-state index in [2.05, 4.69) is 9.72 Å². The fourth-order valence-electron chi connectivity index (χ4n) is 2.22. The average molecular weight is 315 g/mol. The summed E-state index contributed by atoms with van der Waals surface area (Å²) >= 11 is 0. The summed E-state index contributed by atoms with van der Waals surface area (Å²) in [5.74, 6) is -0.262. The van der Waals surface area contributed by atoms with E-state index in [1.807, 2.05) is 42.5 Å². The molecule has 3 rings (SSSR count). The van der Waals surface area contributed by atoms with E-state index >= 15 is 0 Å². The lowest BCUT2D eigenvalue weighted by atomic mass is 10.1. The first-order chi connectivity index (χ1) is 11.0. The van der Waals surface area contributed by atoms with E-state index in [1.54, 1.807) is 12.1 Å². The van der Waals surface area contributed by atoms with Gasteiger partial charge in [-0.25, -0.2) is 4.98 Å². The Balaban J connectivity index is 1.95. The van der Waals surface area contributed by atoms with Gasteiger partial charge in [0.1, 0.15) is 5.75 Å². The summed E-state index contributed by atoms with van der Waals surface area (Å²) in [4.78, 5) is 4.51. The maximum atomic E-state index is 12.3. The summed E-state index contributed by atoms with van der Waals surface area (Å²) in [5, 5.41) is 0. The van der Waals surface area contributed by atoms with Crippen LogP contribution in [0.5, 0.6) is 5.75 Å². The van der Waals surface area contributed by atoms with Crippen LogP contribution in [-0.4, -0.2) is 11.3 Å². The van der Waals surface area contributed by atoms with Crippen LogP contribution < -0.4 is 4.74 Å². The van der Waals surface area contributed by atoms with Crippen LogP contribution in [0.25, 0.3) is 22.5 Å². The lowest BCUT2D eigenvalue weighted by Gasteiger charge is -2.10. The van der Waals surface area contributed by atoms with Crippen LogP contribution in [0.15, 0.2) is 72.8 Å². The van der Waals surface area contributed by atoms with Crippen LogP contribution in [0.1, 0.15) is 0 Å². The lowest BCUT2D eigenvalue weighted by molar-refractivity contribution is -0.274. The van der Waals surface area contributed by atoms with Crippen molar-refractivity contribution in [3.8, 4) is 28.3 Å². The summed E-state index contributed by atoms with van der Waals surface area (Å²) < 4.78 is 40.9. The van der Waals surface area contributed by atoms with Gasteiger partial charge in [0.2, 0.25) is 0 Å². The third-order valence-electron chi connectivity index (χ3n) is 3.18. The molecule has 1 aromatic heterocycles. The highest BCUT2D eigenvalue weighted by Crippen LogP contribution is 2.28. The van der Waals surface area contributed by atoms with Gasteiger partial charge in [0.15, 0.2) is 0 Å². The number of pyridine rings is 1. The summed E-state index contributed by atoms with van der Waals surface area (Å²) in [5.41, 5.74) is 2.84. The number of rotatable bonds is 3. The summed E-state index contributed by atoms with van der Waals surface area (Å²) in [6.07, 6.45) is -4.71. The SMILES string of the molecule is FC(F)(F)Oc1cccc(-c2cccc(-c3ccccc3)n2)c1. The molecular weight excluding hydrogens is 303 g/mol. The van der Waals surface area contributed by atoms with Crippen molar-refractivity contribution in [2.45, 2.75) is 6.36 Å². The Hall–Kier alpha value is -2.82. The smallest absolute Gasteiger partial charge is 0.406 e. The van der Waals surface area contributed by atoms with E-state index in [0.29, 0.717) is 11.3 Å². The zero-order valence-corrected chi connectivity index (χ0v) is 11.9. The molecule has 0 saturated carbocycles. The van der Waals surface area contributed by atoms with Crippen molar-refractivity contribution in [1.29, 1.82) is 0 Å². The predicted molar refractivity (Wildman–Crippen MR) is 81.8 cm³/mol. The molecule has 2 nitrogen and oxygen atoms in total. The van der Waals surface area contributed by atoms with Crippen LogP contribution in [0, 0.1) is 0 Å². The van der Waals surface area contributed by atoms with E-state index in [0.717, 1.165) is 11.3 Å². The molecule has 116 valence electrons. The van der Waals surface area contributed by atoms with Gasteiger partial charge in [-0.3, -0.25) is 0 Å². The minimum absolute atomic E-state index is 0.262. The fraction of sp³-hybridized carbons (Fsp3) is 0.0556. The Morgan fingerprint density at radius 1 is 0.696 bits per heavy atom. The minimum atomic E-state index is -4.71. The van der Waals surface area contributed by atoms with Crippen LogP contribution in [0.2, 0.25) is 0 Å². The highest BCUT2D eigenvalue weighted by Gasteiger charge is 2.31. The van der Waals surface area contributed by atoms with Crippen LogP contribution in [0.4, 0.5) is 13.2 Å². The largest absolute Gasteiger partial charge is 0.573 e. The zero-order valence-electron chi connectivity index (χ0n) is 11.9. The molecule has 0 aliphatic carbocycles. The third-order valence-corrected chi connectivity index (χ3v) is 3.18. The lowest BCUT2D eigenvalue weighted by Crippen LogP contribution is -2.17. The van der Waals surface area contributed by atoms with Crippen LogP contribution in [0.3, 0.4) is 0 Å². The molecule has 0 atom stereocenters. The number of halogens is 3. The highest BCUT2D eigenvalue weighted by atomic mass is 19.4. The molecule has 0 amide bonds. The second-order valence-electron chi connectivity index (χ2n) is 4.85. The minimum Gasteiger partial charge on any atom is -0.406 e. The standard InChI is InChI=1S/C18H12F3NO/c19-18(20,21)23-15-9-4-8-14(12-15)17-11-5-10-16(22-17)13-6-2-1-3-7-13/h1-12H. The van der Waals surface area contributed by atoms with Crippen molar-refractivity contribution in [2.24, 2.45) is 0 Å². The Kier molecular flexibility index (Phi) is 4.02. The van der Waals surface area contributed by atoms with Crippen molar-refractivity contribution >= 4 is 0 Å². The number of aromatic nitrogens is 1. The van der Waals surface area contributed by atoms with Crippen LogP contribution in [-0.2, 0) is 0 Å². The van der Waals surface area contributed by atoms with E-state index in [9.17, 15) is 13.2 Å². The topological polar surface area (TPSA) is 22.1 Å². The normalized spacial score (nSPS) is 11.3. The van der Waals surface area contributed by atoms with Gasteiger partial charge >= 0.3 is 6.36 Å². The number of benzene rings is 2. The molecule has 1 heterocycles. The molecule has 0 unspecified atom stereocenters. The number of hydrogen-bond acceptors (Lipinski definition) is 2. The molecule has 23 heavy (non-hydrogen) atoms. The summed E-state index contributed by atoms with van der Waals surface area (Å²) in [6, 6.07) is 20.8. The predicted octanol–water partition coefficient (Wildman–Crippen LogP) is 5.31. The van der Waals surface area contributed by atoms with Crippen molar-refractivity contribution in [3.63, 3.8) is 0 Å². The van der Waals surface area contributed by atoms with E-state index in [1.165, 1.54) is 18.2 Å². The van der Waals surface area contributed by atoms with Gasteiger partial charge in [-0.1, -0.05) is 48.5 Å². The Bertz CT molecular complexity index is 801. The van der Waals surface area contributed by atoms with E-state index in [-0.39, 0.29) is 5.75 Å². The van der Waals surface area contributed by atoms with Gasteiger partial charge in [-0.2, -0.15) is 0 Å². The molecule has 0 fully saturated rings. The molecule has 0 radical (unpaired) electrons. The molecule has 0 N–H and O–H groups in total. The molecule has 0 saturated heterocycles. The number of nitrogens with zero attached hydrogens (tertiary/aromatic N) is 1. The first kappa shape index (κ1) is 15.1. The number of hydrogen-bond donors (Lipinski definition) is 0. The molecular formula is C18H12F3NO. The second kappa shape index (κ2) is 6.12. The van der Waals surface area contributed by atoms with Crippen molar-refractivity contribution in [1.82, 2.24) is 4.98 Å². The first-order valence-corrected chi connectivity index (χ1v) is 6.90. The fourth-order valence-corrected chi connectivity index (χ4v) is 2.22. The van der Waals surface area contributed by atoms with Crippen molar-refractivity contribution in [3.05, 3.63) is 72.8 Å². The molecule has 0 spiro atoms. The Morgan fingerprint density at radius 3 is 2.00 bits per heavy atom. The second-order valence-corrected chi connectivity index (χ2v) is 4.85. The van der Waals surface area contributed by atoms with Gasteiger partial charge in [-0.05, 0) is 24.3 Å². The summed E-state index contributed by atoms with van der Waals surface area (Å²) in [7, 11) is 0. The molecule has 0 aliphatic heterocycles. The van der Waals surface area contributed by atoms with Gasteiger partial charge < -0.3 is 4.74 Å². The van der Waals surface area contributed by atoms with Gasteiger partial charge in [0.25, 0.3) is 0 Å². The number of alkyl halides is 3. The van der Waals surface area contributed by atoms with Gasteiger partial charge in [0, 0.05) is 11.1 Å². The van der Waals surface area contributed by atoms with Crippen molar-refractivity contribution in [2.75, 3.05) is 0 Å². The maximum absolute atomic E-state index is 12.3. The van der Waals surface area contributed by atoms with Gasteiger partial charge in [-0.15, -0.1) is 13.2 Å².